The minimum atomic E-state index is -4.41. The van der Waals surface area contributed by atoms with Gasteiger partial charge < -0.3 is 15.1 Å². The number of halogens is 4. The summed E-state index contributed by atoms with van der Waals surface area (Å²) < 4.78 is 45.6. The molecule has 1 aliphatic heterocycles. The molecule has 5 nitrogen and oxygen atoms in total. The molecule has 1 saturated heterocycles. The molecule has 2 aromatic rings. The molecule has 150 valence electrons. The lowest BCUT2D eigenvalue weighted by Crippen LogP contribution is -2.57. The molecule has 9 heteroatoms. The van der Waals surface area contributed by atoms with Crippen molar-refractivity contribution in [2.45, 2.75) is 26.1 Å². The van der Waals surface area contributed by atoms with Crippen LogP contribution in [0.2, 0.25) is 0 Å². The number of hydrogen-bond acceptors (Lipinski definition) is 4. The predicted octanol–water partition coefficient (Wildman–Crippen LogP) is 3.04. The normalized spacial score (nSPS) is 16.8. The fourth-order valence-electron chi connectivity index (χ4n) is 3.14. The molecule has 1 unspecified atom stereocenters. The van der Waals surface area contributed by atoms with E-state index in [2.05, 4.69) is 10.6 Å². The molecule has 1 aromatic carbocycles. The Morgan fingerprint density at radius 2 is 1.85 bits per heavy atom. The minimum absolute atomic E-state index is 0. The second-order valence-corrected chi connectivity index (χ2v) is 6.64. The molecule has 1 aromatic heterocycles. The maximum Gasteiger partial charge on any atom is 0.405 e. The number of nitrogens with one attached hydrogen (secondary N) is 2. The molecule has 2 heterocycles. The molecule has 3 rings (SSSR count). The summed E-state index contributed by atoms with van der Waals surface area (Å²) >= 11 is 0. The van der Waals surface area contributed by atoms with Crippen molar-refractivity contribution in [3.63, 3.8) is 0 Å². The summed E-state index contributed by atoms with van der Waals surface area (Å²) in [5, 5.41) is 6.16. The van der Waals surface area contributed by atoms with Gasteiger partial charge in [-0.15, -0.1) is 12.4 Å². The summed E-state index contributed by atoms with van der Waals surface area (Å²) in [6.45, 7) is 4.97. The molecule has 1 amide bonds. The Morgan fingerprint density at radius 3 is 2.48 bits per heavy atom. The van der Waals surface area contributed by atoms with Crippen molar-refractivity contribution < 1.29 is 22.4 Å². The number of amides is 1. The van der Waals surface area contributed by atoms with E-state index in [-0.39, 0.29) is 18.2 Å². The summed E-state index contributed by atoms with van der Waals surface area (Å²) in [5.41, 5.74) is 2.63. The molecule has 1 atom stereocenters. The number of hydrogen-bond donors (Lipinski definition) is 2. The van der Waals surface area contributed by atoms with Crippen LogP contribution in [0.4, 0.5) is 13.2 Å². The quantitative estimate of drug-likeness (QED) is 0.821. The third-order valence-corrected chi connectivity index (χ3v) is 4.78. The van der Waals surface area contributed by atoms with Crippen LogP contribution in [-0.4, -0.2) is 55.7 Å². The smallest absolute Gasteiger partial charge is 0.405 e. The first kappa shape index (κ1) is 21.5. The number of aryl methyl sites for hydroxylation is 2. The van der Waals surface area contributed by atoms with Gasteiger partial charge in [0.05, 0.1) is 0 Å². The predicted molar refractivity (Wildman–Crippen MR) is 99.6 cm³/mol. The zero-order chi connectivity index (χ0) is 18.9. The van der Waals surface area contributed by atoms with Gasteiger partial charge in [-0.2, -0.15) is 13.2 Å². The van der Waals surface area contributed by atoms with E-state index in [4.69, 9.17) is 4.42 Å². The lowest BCUT2D eigenvalue weighted by molar-refractivity contribution is -0.183. The van der Waals surface area contributed by atoms with E-state index in [1.807, 2.05) is 26.0 Å². The number of piperazine rings is 1. The molecule has 1 fully saturated rings. The van der Waals surface area contributed by atoms with Gasteiger partial charge in [0.2, 0.25) is 0 Å². The highest BCUT2D eigenvalue weighted by Crippen LogP contribution is 2.26. The number of carbonyl (C=O) groups is 1. The van der Waals surface area contributed by atoms with Gasteiger partial charge >= 0.3 is 6.18 Å². The van der Waals surface area contributed by atoms with Crippen LogP contribution in [0.1, 0.15) is 21.7 Å². The molecule has 0 spiro atoms. The highest BCUT2D eigenvalue weighted by Gasteiger charge is 2.43. The van der Waals surface area contributed by atoms with Gasteiger partial charge in [0.25, 0.3) is 5.91 Å². The Balaban J connectivity index is 0.00000261. The van der Waals surface area contributed by atoms with Crippen molar-refractivity contribution in [1.29, 1.82) is 0 Å². The molecule has 1 aliphatic rings. The molecular weight excluding hydrogens is 383 g/mol. The van der Waals surface area contributed by atoms with Crippen LogP contribution >= 0.6 is 12.4 Å². The number of nitrogens with zero attached hydrogens (tertiary/aromatic N) is 1. The number of rotatable bonds is 4. The minimum Gasteiger partial charge on any atom is -0.451 e. The number of carbonyl (C=O) groups excluding carboxylic acids is 1. The monoisotopic (exact) mass is 405 g/mol. The molecule has 2 N–H and O–H groups in total. The van der Waals surface area contributed by atoms with Crippen LogP contribution in [0.15, 0.2) is 22.6 Å². The first-order valence-electron chi connectivity index (χ1n) is 8.56. The van der Waals surface area contributed by atoms with Gasteiger partial charge in [0.15, 0.2) is 5.76 Å². The lowest BCUT2D eigenvalue weighted by Gasteiger charge is -2.35. The first-order valence-corrected chi connectivity index (χ1v) is 8.56. The number of furan rings is 1. The highest BCUT2D eigenvalue weighted by atomic mass is 35.5. The Kier molecular flexibility index (Phi) is 6.77. The average Bonchev–Trinajstić information content (AvgIpc) is 2.98. The van der Waals surface area contributed by atoms with E-state index in [1.54, 1.807) is 6.07 Å². The summed E-state index contributed by atoms with van der Waals surface area (Å²) in [4.78, 5) is 13.6. The second-order valence-electron chi connectivity index (χ2n) is 6.64. The second kappa shape index (κ2) is 8.50. The Morgan fingerprint density at radius 1 is 1.22 bits per heavy atom. The van der Waals surface area contributed by atoms with Gasteiger partial charge in [-0.25, -0.2) is 0 Å². The van der Waals surface area contributed by atoms with E-state index in [1.165, 1.54) is 4.90 Å². The fraction of sp³-hybridized carbons (Fsp3) is 0.500. The summed E-state index contributed by atoms with van der Waals surface area (Å²) in [6.07, 6.45) is -4.41. The Labute approximate surface area is 161 Å². The maximum atomic E-state index is 13.4. The fourth-order valence-corrected chi connectivity index (χ4v) is 3.14. The molecule has 27 heavy (non-hydrogen) atoms. The largest absolute Gasteiger partial charge is 0.451 e. The van der Waals surface area contributed by atoms with Gasteiger partial charge in [-0.1, -0.05) is 0 Å². The van der Waals surface area contributed by atoms with Crippen molar-refractivity contribution in [1.82, 2.24) is 15.5 Å². The standard InChI is InChI=1S/C18H22F3N3O2.ClH/c1-11-7-13-9-15(26-14(13)8-12(11)2)17(25)23-10-16(18(19,20)21)24-5-3-22-4-6-24;/h7-9,16,22H,3-6,10H2,1-2H3,(H,23,25);1H. The van der Waals surface area contributed by atoms with Gasteiger partial charge in [0.1, 0.15) is 11.6 Å². The van der Waals surface area contributed by atoms with Gasteiger partial charge in [0, 0.05) is 38.1 Å². The number of fused-ring (bicyclic) bond motifs is 1. The third-order valence-electron chi connectivity index (χ3n) is 4.78. The Bertz CT molecular complexity index is 762. The number of alkyl halides is 3. The molecule has 0 radical (unpaired) electrons. The zero-order valence-corrected chi connectivity index (χ0v) is 16.0. The van der Waals surface area contributed by atoms with Gasteiger partial charge in [-0.3, -0.25) is 9.69 Å². The molecule has 0 saturated carbocycles. The zero-order valence-electron chi connectivity index (χ0n) is 15.2. The third kappa shape index (κ3) is 4.94. The summed E-state index contributed by atoms with van der Waals surface area (Å²) in [6, 6.07) is 3.57. The van der Waals surface area contributed by atoms with Crippen LogP contribution in [0, 0.1) is 13.8 Å². The average molecular weight is 406 g/mol. The van der Waals surface area contributed by atoms with E-state index in [0.29, 0.717) is 31.8 Å². The van der Waals surface area contributed by atoms with Crippen molar-refractivity contribution in [3.8, 4) is 0 Å². The Hall–Kier alpha value is -1.77. The summed E-state index contributed by atoms with van der Waals surface area (Å²) in [7, 11) is 0. The van der Waals surface area contributed by atoms with Crippen molar-refractivity contribution in [3.05, 3.63) is 35.1 Å². The van der Waals surface area contributed by atoms with E-state index >= 15 is 0 Å². The van der Waals surface area contributed by atoms with Crippen LogP contribution < -0.4 is 10.6 Å². The first-order chi connectivity index (χ1) is 12.3. The SMILES string of the molecule is Cc1cc2cc(C(=O)NCC(N3CCNCC3)C(F)(F)F)oc2cc1C.Cl. The lowest BCUT2D eigenvalue weighted by atomic mass is 10.1. The van der Waals surface area contributed by atoms with E-state index in [0.717, 1.165) is 16.5 Å². The van der Waals surface area contributed by atoms with Crippen molar-refractivity contribution in [2.75, 3.05) is 32.7 Å². The van der Waals surface area contributed by atoms with Crippen LogP contribution in [0.25, 0.3) is 11.0 Å². The van der Waals surface area contributed by atoms with Crippen molar-refractivity contribution in [2.24, 2.45) is 0 Å². The molecular formula is C18H23ClF3N3O2. The molecule has 0 aliphatic carbocycles. The van der Waals surface area contributed by atoms with E-state index in [9.17, 15) is 18.0 Å². The maximum absolute atomic E-state index is 13.4. The number of benzene rings is 1. The van der Waals surface area contributed by atoms with Crippen molar-refractivity contribution >= 4 is 29.3 Å². The van der Waals surface area contributed by atoms with Crippen LogP contribution in [0.5, 0.6) is 0 Å². The highest BCUT2D eigenvalue weighted by molar-refractivity contribution is 5.96. The topological polar surface area (TPSA) is 57.5 Å². The molecule has 0 bridgehead atoms. The van der Waals surface area contributed by atoms with Crippen LogP contribution in [0.3, 0.4) is 0 Å². The van der Waals surface area contributed by atoms with Gasteiger partial charge in [-0.05, 0) is 43.2 Å². The van der Waals surface area contributed by atoms with E-state index < -0.39 is 24.7 Å². The van der Waals surface area contributed by atoms with Crippen LogP contribution in [-0.2, 0) is 0 Å². The summed E-state index contributed by atoms with van der Waals surface area (Å²) in [5.74, 6) is -0.618.